The second-order valence-corrected chi connectivity index (χ2v) is 7.16. The fourth-order valence-electron chi connectivity index (χ4n) is 3.05. The highest BCUT2D eigenvalue weighted by Gasteiger charge is 2.18. The zero-order valence-electron chi connectivity index (χ0n) is 11.6. The van der Waals surface area contributed by atoms with Crippen LogP contribution in [0.3, 0.4) is 0 Å². The topological polar surface area (TPSA) is 17.0 Å². The van der Waals surface area contributed by atoms with Crippen molar-refractivity contribution in [3.63, 3.8) is 0 Å². The van der Waals surface area contributed by atoms with Gasteiger partial charge in [-0.1, -0.05) is 30.3 Å². The van der Waals surface area contributed by atoms with Crippen LogP contribution in [-0.4, -0.2) is 10.6 Å². The summed E-state index contributed by atoms with van der Waals surface area (Å²) < 4.78 is 4.52. The number of hydrogen-bond donors (Lipinski definition) is 1. The molecule has 0 radical (unpaired) electrons. The van der Waals surface area contributed by atoms with Crippen molar-refractivity contribution >= 4 is 39.5 Å². The zero-order valence-corrected chi connectivity index (χ0v) is 13.2. The van der Waals surface area contributed by atoms with Crippen LogP contribution >= 0.6 is 23.6 Å². The summed E-state index contributed by atoms with van der Waals surface area (Å²) in [5, 5.41) is 3.66. The minimum absolute atomic E-state index is 0.449. The van der Waals surface area contributed by atoms with Crippen LogP contribution in [0.15, 0.2) is 48.5 Å². The highest BCUT2D eigenvalue weighted by molar-refractivity contribution is 7.73. The Bertz CT molecular complexity index is 847. The van der Waals surface area contributed by atoms with E-state index in [1.54, 1.807) is 11.3 Å². The Hall–Kier alpha value is -1.65. The Morgan fingerprint density at radius 2 is 1.95 bits per heavy atom. The van der Waals surface area contributed by atoms with E-state index in [1.165, 1.54) is 21.5 Å². The maximum Gasteiger partial charge on any atom is 0.162 e. The van der Waals surface area contributed by atoms with Gasteiger partial charge in [0.1, 0.15) is 0 Å². The number of nitrogens with zero attached hydrogens (tertiary/aromatic N) is 1. The molecule has 2 aromatic carbocycles. The molecule has 1 aliphatic rings. The van der Waals surface area contributed by atoms with Crippen LogP contribution < -0.4 is 5.32 Å². The van der Waals surface area contributed by atoms with Crippen molar-refractivity contribution in [3.8, 4) is 0 Å². The van der Waals surface area contributed by atoms with Gasteiger partial charge < -0.3 is 9.88 Å². The molecule has 2 nitrogen and oxygen atoms in total. The number of benzene rings is 2. The van der Waals surface area contributed by atoms with Gasteiger partial charge in [0, 0.05) is 18.3 Å². The first-order chi connectivity index (χ1) is 10.3. The summed E-state index contributed by atoms with van der Waals surface area (Å²) in [6.07, 6.45) is 2.30. The Balaban J connectivity index is 1.65. The van der Waals surface area contributed by atoms with E-state index >= 15 is 0 Å². The average Bonchev–Trinajstić information content (AvgIpc) is 2.83. The van der Waals surface area contributed by atoms with Crippen molar-refractivity contribution in [1.82, 2.24) is 4.57 Å². The molecular weight excluding hydrogens is 296 g/mol. The number of hydrogen-bond acceptors (Lipinski definition) is 3. The lowest BCUT2D eigenvalue weighted by molar-refractivity contribution is 0.545. The lowest BCUT2D eigenvalue weighted by Crippen LogP contribution is -2.29. The molecule has 1 N–H and O–H groups in total. The molecule has 0 saturated carbocycles. The van der Waals surface area contributed by atoms with E-state index in [4.69, 9.17) is 12.2 Å². The summed E-state index contributed by atoms with van der Waals surface area (Å²) in [6.45, 7) is 0.942. The summed E-state index contributed by atoms with van der Waals surface area (Å²) >= 11 is 7.26. The summed E-state index contributed by atoms with van der Waals surface area (Å²) in [4.78, 5) is 0. The fourth-order valence-corrected chi connectivity index (χ4v) is 4.39. The van der Waals surface area contributed by atoms with Crippen LogP contribution in [0, 0.1) is 3.95 Å². The first kappa shape index (κ1) is 13.0. The lowest BCUT2D eigenvalue weighted by Gasteiger charge is -2.27. The van der Waals surface area contributed by atoms with Crippen LogP contribution in [0.5, 0.6) is 0 Å². The normalized spacial score (nSPS) is 17.4. The Kier molecular flexibility index (Phi) is 3.28. The van der Waals surface area contributed by atoms with E-state index in [0.717, 1.165) is 23.3 Å². The summed E-state index contributed by atoms with van der Waals surface area (Å²) in [7, 11) is 0. The van der Waals surface area contributed by atoms with E-state index in [2.05, 4.69) is 58.4 Å². The molecule has 1 atom stereocenters. The van der Waals surface area contributed by atoms with E-state index in [-0.39, 0.29) is 0 Å². The van der Waals surface area contributed by atoms with Crippen LogP contribution in [0.2, 0.25) is 0 Å². The molecule has 21 heavy (non-hydrogen) atoms. The molecule has 1 aromatic heterocycles. The molecule has 1 aliphatic heterocycles. The largest absolute Gasteiger partial charge is 0.380 e. The number of nitrogens with one attached hydrogen (secondary N) is 1. The minimum atomic E-state index is 0.449. The van der Waals surface area contributed by atoms with Gasteiger partial charge in [-0.05, 0) is 48.8 Å². The predicted octanol–water partition coefficient (Wildman–Crippen LogP) is 4.86. The first-order valence-corrected chi connectivity index (χ1v) is 8.46. The smallest absolute Gasteiger partial charge is 0.162 e. The molecule has 106 valence electrons. The van der Waals surface area contributed by atoms with Gasteiger partial charge in [-0.25, -0.2) is 0 Å². The number of fused-ring (bicyclic) bond motifs is 2. The van der Waals surface area contributed by atoms with Gasteiger partial charge in [-0.3, -0.25) is 0 Å². The third-order valence-electron chi connectivity index (χ3n) is 4.12. The van der Waals surface area contributed by atoms with Crippen LogP contribution in [0.1, 0.15) is 12.0 Å². The fraction of sp³-hybridized carbons (Fsp3) is 0.235. The number of para-hydroxylation sites is 2. The lowest BCUT2D eigenvalue weighted by atomic mass is 9.98. The molecule has 4 heteroatoms. The van der Waals surface area contributed by atoms with Crippen molar-refractivity contribution < 1.29 is 0 Å². The maximum absolute atomic E-state index is 5.55. The molecule has 2 heterocycles. The molecule has 1 unspecified atom stereocenters. The molecule has 4 rings (SSSR count). The third kappa shape index (κ3) is 2.39. The van der Waals surface area contributed by atoms with Gasteiger partial charge in [0.05, 0.1) is 10.2 Å². The van der Waals surface area contributed by atoms with Crippen molar-refractivity contribution in [1.29, 1.82) is 0 Å². The summed E-state index contributed by atoms with van der Waals surface area (Å²) in [5.74, 6) is 0. The van der Waals surface area contributed by atoms with Crippen LogP contribution in [-0.2, 0) is 13.0 Å². The number of aryl methyl sites for hydroxylation is 1. The monoisotopic (exact) mass is 312 g/mol. The third-order valence-corrected chi connectivity index (χ3v) is 5.55. The van der Waals surface area contributed by atoms with E-state index in [9.17, 15) is 0 Å². The Labute approximate surface area is 133 Å². The number of thiazole rings is 1. The second-order valence-electron chi connectivity index (χ2n) is 5.48. The van der Waals surface area contributed by atoms with Crippen LogP contribution in [0.25, 0.3) is 10.2 Å². The van der Waals surface area contributed by atoms with Gasteiger partial charge in [0.25, 0.3) is 0 Å². The molecule has 0 saturated heterocycles. The van der Waals surface area contributed by atoms with Gasteiger partial charge in [-0.2, -0.15) is 0 Å². The van der Waals surface area contributed by atoms with Gasteiger partial charge in [0.2, 0.25) is 0 Å². The molecule has 0 bridgehead atoms. The number of aromatic nitrogens is 1. The second kappa shape index (κ2) is 5.28. The molecule has 0 aliphatic carbocycles. The summed E-state index contributed by atoms with van der Waals surface area (Å²) in [6, 6.07) is 17.5. The van der Waals surface area contributed by atoms with Crippen LogP contribution in [0.4, 0.5) is 5.69 Å². The standard InChI is InChI=1S/C17H16N2S2/c20-17-19(15-7-3-4-8-16(15)21-17)11-13-10-9-12-5-1-2-6-14(12)18-13/h1-8,13,18H,9-11H2. The Morgan fingerprint density at radius 1 is 1.14 bits per heavy atom. The van der Waals surface area contributed by atoms with Gasteiger partial charge >= 0.3 is 0 Å². The molecule has 0 amide bonds. The molecule has 0 spiro atoms. The van der Waals surface area contributed by atoms with Crippen molar-refractivity contribution in [3.05, 3.63) is 58.0 Å². The summed E-state index contributed by atoms with van der Waals surface area (Å²) in [5.41, 5.74) is 3.96. The number of anilines is 1. The predicted molar refractivity (Wildman–Crippen MR) is 92.8 cm³/mol. The first-order valence-electron chi connectivity index (χ1n) is 7.24. The number of rotatable bonds is 2. The van der Waals surface area contributed by atoms with Crippen molar-refractivity contribution in [2.45, 2.75) is 25.4 Å². The Morgan fingerprint density at radius 3 is 2.90 bits per heavy atom. The van der Waals surface area contributed by atoms with Gasteiger partial charge in [-0.15, -0.1) is 11.3 Å². The minimum Gasteiger partial charge on any atom is -0.380 e. The zero-order chi connectivity index (χ0) is 14.2. The maximum atomic E-state index is 5.55. The highest BCUT2D eigenvalue weighted by atomic mass is 32.1. The van der Waals surface area contributed by atoms with Crippen molar-refractivity contribution in [2.75, 3.05) is 5.32 Å². The highest BCUT2D eigenvalue weighted by Crippen LogP contribution is 2.27. The molecule has 0 fully saturated rings. The molecular formula is C17H16N2S2. The quantitative estimate of drug-likeness (QED) is 0.681. The van der Waals surface area contributed by atoms with Crippen molar-refractivity contribution in [2.24, 2.45) is 0 Å². The van der Waals surface area contributed by atoms with E-state index in [1.807, 2.05) is 0 Å². The molecule has 3 aromatic rings. The van der Waals surface area contributed by atoms with E-state index < -0.39 is 0 Å². The SMILES string of the molecule is S=c1sc2ccccc2n1CC1CCc2ccccc2N1. The van der Waals surface area contributed by atoms with Gasteiger partial charge in [0.15, 0.2) is 3.95 Å². The van der Waals surface area contributed by atoms with E-state index in [0.29, 0.717) is 6.04 Å². The average molecular weight is 312 g/mol.